The van der Waals surface area contributed by atoms with E-state index in [4.69, 9.17) is 0 Å². The highest BCUT2D eigenvalue weighted by Gasteiger charge is 2.33. The van der Waals surface area contributed by atoms with Gasteiger partial charge >= 0.3 is 6.09 Å². The smallest absolute Gasteiger partial charge is 0.410 e. The number of cyclic esters (lactones) is 1. The highest BCUT2D eigenvalue weighted by Crippen LogP contribution is 2.19. The first kappa shape index (κ1) is 6.07. The van der Waals surface area contributed by atoms with Crippen LogP contribution in [0.25, 0.3) is 0 Å². The fourth-order valence-corrected chi connectivity index (χ4v) is 0.541. The molecule has 0 radical (unpaired) electrons. The fraction of sp³-hybridized carbons (Fsp3) is 0.400. The van der Waals surface area contributed by atoms with E-state index in [9.17, 15) is 9.18 Å². The number of ether oxygens (including phenoxy) is 1. The monoisotopic (exact) mass is 131 g/mol. The first-order valence-corrected chi connectivity index (χ1v) is 2.40. The Labute approximate surface area is 51.7 Å². The normalized spacial score (nSPS) is 26.9. The zero-order chi connectivity index (χ0) is 7.02. The Hall–Kier alpha value is -1.06. The summed E-state index contributed by atoms with van der Waals surface area (Å²) in [4.78, 5) is 11.2. The van der Waals surface area contributed by atoms with Crippen molar-refractivity contribution in [1.29, 1.82) is 0 Å². The lowest BCUT2D eigenvalue weighted by Gasteiger charge is -2.04. The highest BCUT2D eigenvalue weighted by molar-refractivity contribution is 5.71. The Morgan fingerprint density at radius 2 is 2.44 bits per heavy atom. The standard InChI is InChI=1S/C5H6FNO2/c1-3-4(6)7(2)5(8)9-3/h4H,1H2,2H3. The van der Waals surface area contributed by atoms with Gasteiger partial charge in [-0.2, -0.15) is 0 Å². The third-order valence-corrected chi connectivity index (χ3v) is 1.11. The number of rotatable bonds is 0. The summed E-state index contributed by atoms with van der Waals surface area (Å²) in [5.74, 6) is -0.137. The molecule has 1 unspecified atom stereocenters. The maximum absolute atomic E-state index is 12.4. The molecule has 0 saturated carbocycles. The van der Waals surface area contributed by atoms with Crippen LogP contribution in [-0.2, 0) is 4.74 Å². The first-order chi connectivity index (χ1) is 4.13. The van der Waals surface area contributed by atoms with Crippen LogP contribution in [0.5, 0.6) is 0 Å². The molecule has 1 aliphatic heterocycles. The van der Waals surface area contributed by atoms with Crippen molar-refractivity contribution >= 4 is 6.09 Å². The maximum atomic E-state index is 12.4. The molecule has 3 nitrogen and oxygen atoms in total. The van der Waals surface area contributed by atoms with E-state index in [1.54, 1.807) is 0 Å². The van der Waals surface area contributed by atoms with Crippen molar-refractivity contribution in [3.05, 3.63) is 12.3 Å². The summed E-state index contributed by atoms with van der Waals surface area (Å²) in [7, 11) is 1.31. The Bertz CT molecular complexity index is 150. The lowest BCUT2D eigenvalue weighted by molar-refractivity contribution is 0.161. The summed E-state index contributed by atoms with van der Waals surface area (Å²) in [6.07, 6.45) is -2.16. The molecule has 1 rings (SSSR count). The molecule has 0 aromatic heterocycles. The molecule has 1 atom stereocenters. The van der Waals surface area contributed by atoms with Crippen LogP contribution < -0.4 is 0 Å². The van der Waals surface area contributed by atoms with Gasteiger partial charge < -0.3 is 4.74 Å². The number of halogens is 1. The van der Waals surface area contributed by atoms with E-state index in [0.717, 1.165) is 4.90 Å². The summed E-state index contributed by atoms with van der Waals surface area (Å²) in [6.45, 7) is 3.18. The van der Waals surface area contributed by atoms with Crippen LogP contribution in [-0.4, -0.2) is 24.3 Å². The molecule has 1 saturated heterocycles. The number of carbonyl (C=O) groups excluding carboxylic acids is 1. The average Bonchev–Trinajstić information content (AvgIpc) is 1.98. The number of carbonyl (C=O) groups is 1. The van der Waals surface area contributed by atoms with E-state index in [2.05, 4.69) is 11.3 Å². The molecule has 4 heteroatoms. The van der Waals surface area contributed by atoms with Gasteiger partial charge in [0.1, 0.15) is 0 Å². The van der Waals surface area contributed by atoms with Crippen molar-refractivity contribution in [2.45, 2.75) is 6.30 Å². The molecule has 0 bridgehead atoms. The van der Waals surface area contributed by atoms with E-state index in [-0.39, 0.29) is 5.76 Å². The molecule has 1 aliphatic rings. The number of hydrogen-bond donors (Lipinski definition) is 0. The van der Waals surface area contributed by atoms with Gasteiger partial charge in [0.2, 0.25) is 6.30 Å². The van der Waals surface area contributed by atoms with Gasteiger partial charge in [-0.3, -0.25) is 4.90 Å². The van der Waals surface area contributed by atoms with Crippen molar-refractivity contribution in [2.24, 2.45) is 0 Å². The van der Waals surface area contributed by atoms with Crippen molar-refractivity contribution in [2.75, 3.05) is 7.05 Å². The van der Waals surface area contributed by atoms with Gasteiger partial charge in [-0.05, 0) is 0 Å². The SMILES string of the molecule is C=C1OC(=O)N(C)C1F. The van der Waals surface area contributed by atoms with Crippen LogP contribution in [0.3, 0.4) is 0 Å². The molecular formula is C5H6FNO2. The second kappa shape index (κ2) is 1.72. The van der Waals surface area contributed by atoms with Crippen molar-refractivity contribution in [3.63, 3.8) is 0 Å². The fourth-order valence-electron chi connectivity index (χ4n) is 0.541. The zero-order valence-electron chi connectivity index (χ0n) is 4.93. The number of alkyl halides is 1. The van der Waals surface area contributed by atoms with E-state index in [0.29, 0.717) is 0 Å². The van der Waals surface area contributed by atoms with E-state index >= 15 is 0 Å². The summed E-state index contributed by atoms with van der Waals surface area (Å²) in [5.41, 5.74) is 0. The molecule has 0 aliphatic carbocycles. The van der Waals surface area contributed by atoms with Crippen molar-refractivity contribution < 1.29 is 13.9 Å². The summed E-state index contributed by atoms with van der Waals surface area (Å²) in [5, 5.41) is 0. The number of hydrogen-bond acceptors (Lipinski definition) is 2. The lowest BCUT2D eigenvalue weighted by atomic mass is 10.5. The van der Waals surface area contributed by atoms with Gasteiger partial charge in [0.25, 0.3) is 0 Å². The second-order valence-corrected chi connectivity index (χ2v) is 1.78. The van der Waals surface area contributed by atoms with Gasteiger partial charge in [-0.1, -0.05) is 6.58 Å². The first-order valence-electron chi connectivity index (χ1n) is 2.40. The predicted octanol–water partition coefficient (Wildman–Crippen LogP) is 0.878. The average molecular weight is 131 g/mol. The topological polar surface area (TPSA) is 29.5 Å². The number of nitrogens with zero attached hydrogens (tertiary/aromatic N) is 1. The molecule has 0 aromatic carbocycles. The quantitative estimate of drug-likeness (QED) is 0.456. The molecular weight excluding hydrogens is 125 g/mol. The Morgan fingerprint density at radius 3 is 2.56 bits per heavy atom. The van der Waals surface area contributed by atoms with Crippen LogP contribution >= 0.6 is 0 Å². The Morgan fingerprint density at radius 1 is 1.89 bits per heavy atom. The largest absolute Gasteiger partial charge is 0.417 e. The second-order valence-electron chi connectivity index (χ2n) is 1.78. The molecule has 1 heterocycles. The van der Waals surface area contributed by atoms with Gasteiger partial charge in [-0.25, -0.2) is 9.18 Å². The molecule has 1 fully saturated rings. The molecule has 9 heavy (non-hydrogen) atoms. The van der Waals surface area contributed by atoms with Gasteiger partial charge in [-0.15, -0.1) is 0 Å². The van der Waals surface area contributed by atoms with Crippen LogP contribution in [0.2, 0.25) is 0 Å². The molecule has 0 aromatic rings. The summed E-state index contributed by atoms with van der Waals surface area (Å²) in [6, 6.07) is 0. The van der Waals surface area contributed by atoms with Crippen LogP contribution in [0.15, 0.2) is 12.3 Å². The Balaban J connectivity index is 2.77. The molecule has 0 N–H and O–H groups in total. The van der Waals surface area contributed by atoms with E-state index in [1.807, 2.05) is 0 Å². The van der Waals surface area contributed by atoms with Crippen LogP contribution in [0.1, 0.15) is 0 Å². The third kappa shape index (κ3) is 0.759. The van der Waals surface area contributed by atoms with Crippen molar-refractivity contribution in [3.8, 4) is 0 Å². The number of likely N-dealkylation sites (N-methyl/N-ethyl adjacent to an activating group) is 1. The van der Waals surface area contributed by atoms with Crippen LogP contribution in [0, 0.1) is 0 Å². The lowest BCUT2D eigenvalue weighted by Crippen LogP contribution is -2.24. The summed E-state index contributed by atoms with van der Waals surface area (Å²) >= 11 is 0. The summed E-state index contributed by atoms with van der Waals surface area (Å²) < 4.78 is 16.7. The van der Waals surface area contributed by atoms with Gasteiger partial charge in [0.05, 0.1) is 0 Å². The number of amides is 1. The minimum absolute atomic E-state index is 0.137. The third-order valence-electron chi connectivity index (χ3n) is 1.11. The van der Waals surface area contributed by atoms with Gasteiger partial charge in [0.15, 0.2) is 5.76 Å². The minimum atomic E-state index is -1.47. The molecule has 1 amide bonds. The molecule has 50 valence electrons. The minimum Gasteiger partial charge on any atom is -0.410 e. The predicted molar refractivity (Wildman–Crippen MR) is 28.3 cm³/mol. The van der Waals surface area contributed by atoms with E-state index < -0.39 is 12.4 Å². The maximum Gasteiger partial charge on any atom is 0.417 e. The van der Waals surface area contributed by atoms with Gasteiger partial charge in [0, 0.05) is 7.05 Å². The zero-order valence-corrected chi connectivity index (χ0v) is 4.93. The van der Waals surface area contributed by atoms with Crippen LogP contribution in [0.4, 0.5) is 9.18 Å². The molecule has 0 spiro atoms. The van der Waals surface area contributed by atoms with Crippen molar-refractivity contribution in [1.82, 2.24) is 4.90 Å². The Kier molecular flexibility index (Phi) is 1.16. The highest BCUT2D eigenvalue weighted by atomic mass is 19.1. The van der Waals surface area contributed by atoms with E-state index in [1.165, 1.54) is 7.05 Å².